The summed E-state index contributed by atoms with van der Waals surface area (Å²) >= 11 is 0. The van der Waals surface area contributed by atoms with Gasteiger partial charge in [-0.3, -0.25) is 57.9 Å². The average Bonchev–Trinajstić information content (AvgIpc) is 4.13. The Morgan fingerprint density at radius 2 is 1.54 bits per heavy atom. The van der Waals surface area contributed by atoms with Crippen LogP contribution in [0, 0.1) is 11.8 Å². The molecule has 4 aliphatic rings. The van der Waals surface area contributed by atoms with Gasteiger partial charge < -0.3 is 41.7 Å². The van der Waals surface area contributed by atoms with Gasteiger partial charge in [-0.15, -0.1) is 0 Å². The highest BCUT2D eigenvalue weighted by atomic mass is 31.2. The second kappa shape index (κ2) is 25.2. The number of imide groups is 1. The van der Waals surface area contributed by atoms with Crippen LogP contribution in [0.1, 0.15) is 131 Å². The Bertz CT molecular complexity index is 3550. The minimum atomic E-state index is -5.89. The number of fused-ring (bicyclic) bond motifs is 2. The number of halogens is 2. The van der Waals surface area contributed by atoms with Crippen molar-refractivity contribution in [1.82, 2.24) is 31.5 Å². The highest BCUT2D eigenvalue weighted by Gasteiger charge is 2.51. The molecular formula is C60H61F2N8O12P. The fourth-order valence-corrected chi connectivity index (χ4v) is 11.5. The van der Waals surface area contributed by atoms with Crippen LogP contribution < -0.4 is 37.2 Å². The number of nitrogens with two attached hydrogens (primary N) is 1. The lowest BCUT2D eigenvalue weighted by Gasteiger charge is -2.29. The van der Waals surface area contributed by atoms with E-state index >= 15 is 0 Å². The van der Waals surface area contributed by atoms with Gasteiger partial charge in [-0.2, -0.15) is 8.78 Å². The summed E-state index contributed by atoms with van der Waals surface area (Å²) in [7, 11) is -5.89. The standard InChI is InChI=1S/C60H61F2N8O12P/c61-60(62,83(80,81)82)42-24-22-35-20-21-40(31-41(35)32-42)53(73)66-46-25-23-38-17-11-18-39-33-48(70(52(38)39)59(46)79)56(76)65-45(26-28-49(63)71)54(74)68-51(37-14-8-6-9-15-37)57(77)64-30-10-5-3-1-2-4-7-13-36-16-12-19-43-44(36)34-69(58(43)78)47-27-29-50(72)67-55(47)75/h6,8-9,11-12,14-22,24,31-32,45-48,51H,1-5,10,23,25-30,33-34H2,(H2,63,71)(H,64,77)(H,65,76)(H,66,73)(H,68,74)(H,67,72,75)(H2,80,81,82)/t45-,46-,47?,48-,51-/m0/s1. The Hall–Kier alpha value is -8.64. The van der Waals surface area contributed by atoms with Gasteiger partial charge in [-0.05, 0) is 102 Å². The Labute approximate surface area is 475 Å². The second-order valence-electron chi connectivity index (χ2n) is 21.0. The number of rotatable bonds is 21. The number of para-hydroxylation sites is 1. The molecular weight excluding hydrogens is 1090 g/mol. The van der Waals surface area contributed by atoms with E-state index in [2.05, 4.69) is 38.4 Å². The first-order valence-corrected chi connectivity index (χ1v) is 29.0. The summed E-state index contributed by atoms with van der Waals surface area (Å²) in [6.45, 7) is 0.524. The molecule has 83 heavy (non-hydrogen) atoms. The van der Waals surface area contributed by atoms with E-state index in [4.69, 9.17) is 5.73 Å². The van der Waals surface area contributed by atoms with Crippen molar-refractivity contribution in [1.29, 1.82) is 0 Å². The molecule has 4 heterocycles. The summed E-state index contributed by atoms with van der Waals surface area (Å²) in [5.74, 6) is 1.04. The lowest BCUT2D eigenvalue weighted by Crippen LogP contribution is -2.57. The molecule has 9 N–H and O–H groups in total. The second-order valence-corrected chi connectivity index (χ2v) is 22.7. The van der Waals surface area contributed by atoms with Crippen LogP contribution in [0.3, 0.4) is 0 Å². The summed E-state index contributed by atoms with van der Waals surface area (Å²) in [5, 5.41) is 13.9. The molecule has 9 rings (SSSR count). The number of nitrogens with zero attached hydrogens (tertiary/aromatic N) is 2. The Morgan fingerprint density at radius 3 is 2.30 bits per heavy atom. The molecule has 0 aromatic heterocycles. The van der Waals surface area contributed by atoms with Crippen LogP contribution in [0.5, 0.6) is 0 Å². The van der Waals surface area contributed by atoms with Crippen molar-refractivity contribution in [2.24, 2.45) is 5.73 Å². The molecule has 1 unspecified atom stereocenters. The van der Waals surface area contributed by atoms with Gasteiger partial charge >= 0.3 is 13.3 Å². The number of amides is 9. The lowest BCUT2D eigenvalue weighted by atomic mass is 10.0. The van der Waals surface area contributed by atoms with Gasteiger partial charge in [-0.1, -0.05) is 104 Å². The van der Waals surface area contributed by atoms with Gasteiger partial charge in [0, 0.05) is 61.0 Å². The number of piperidine rings is 1. The van der Waals surface area contributed by atoms with Gasteiger partial charge in [0.05, 0.1) is 5.69 Å². The van der Waals surface area contributed by atoms with Crippen molar-refractivity contribution in [2.75, 3.05) is 11.4 Å². The van der Waals surface area contributed by atoms with Crippen molar-refractivity contribution in [3.63, 3.8) is 0 Å². The topological polar surface area (TPSA) is 304 Å². The van der Waals surface area contributed by atoms with Crippen LogP contribution >= 0.6 is 7.60 Å². The number of benzene rings is 5. The van der Waals surface area contributed by atoms with E-state index in [9.17, 15) is 66.3 Å². The van der Waals surface area contributed by atoms with Crippen molar-refractivity contribution < 1.29 is 66.3 Å². The fraction of sp³-hybridized carbons (Fsp3) is 0.350. The molecule has 20 nitrogen and oxygen atoms in total. The number of carbonyl (C=O) groups excluding carboxylic acids is 9. The molecule has 0 spiro atoms. The van der Waals surface area contributed by atoms with E-state index in [1.165, 1.54) is 34.1 Å². The molecule has 1 fully saturated rings. The predicted octanol–water partition coefficient (Wildman–Crippen LogP) is 4.95. The number of alkyl halides is 2. The van der Waals surface area contributed by atoms with E-state index < -0.39 is 90.4 Å². The molecule has 5 atom stereocenters. The molecule has 0 radical (unpaired) electrons. The average molecular weight is 1160 g/mol. The van der Waals surface area contributed by atoms with Gasteiger partial charge in [-0.25, -0.2) is 0 Å². The maximum atomic E-state index is 14.6. The smallest absolute Gasteiger partial charge is 0.370 e. The normalized spacial score (nSPS) is 18.2. The highest BCUT2D eigenvalue weighted by molar-refractivity contribution is 7.52. The Balaban J connectivity index is 0.797. The third-order valence-electron chi connectivity index (χ3n) is 15.4. The van der Waals surface area contributed by atoms with Gasteiger partial charge in [0.1, 0.15) is 30.2 Å². The third-order valence-corrected chi connectivity index (χ3v) is 16.4. The van der Waals surface area contributed by atoms with Gasteiger partial charge in [0.15, 0.2) is 0 Å². The van der Waals surface area contributed by atoms with Gasteiger partial charge in [0.25, 0.3) is 11.8 Å². The zero-order valence-electron chi connectivity index (χ0n) is 45.0. The molecule has 0 saturated carbocycles. The Morgan fingerprint density at radius 1 is 0.807 bits per heavy atom. The highest BCUT2D eigenvalue weighted by Crippen LogP contribution is 2.59. The molecule has 0 aliphatic carbocycles. The number of carbonyl (C=O) groups is 9. The van der Waals surface area contributed by atoms with Crippen LogP contribution in [0.15, 0.2) is 103 Å². The van der Waals surface area contributed by atoms with Gasteiger partial charge in [0.2, 0.25) is 41.4 Å². The van der Waals surface area contributed by atoms with Crippen LogP contribution in [-0.4, -0.2) is 98.6 Å². The van der Waals surface area contributed by atoms with E-state index in [0.717, 1.165) is 48.9 Å². The summed E-state index contributed by atoms with van der Waals surface area (Å²) < 4.78 is 40.9. The van der Waals surface area contributed by atoms with E-state index in [0.29, 0.717) is 52.6 Å². The van der Waals surface area contributed by atoms with Crippen LogP contribution in [0.2, 0.25) is 0 Å². The number of hydrogen-bond acceptors (Lipinski definition) is 10. The monoisotopic (exact) mass is 1150 g/mol. The maximum Gasteiger partial charge on any atom is 0.399 e. The zero-order chi connectivity index (χ0) is 59.2. The number of nitrogens with one attached hydrogen (secondary N) is 5. The number of unbranched alkanes of at least 4 members (excludes halogenated alkanes) is 5. The SMILES string of the molecule is NC(=O)CC[C@H](NC(=O)[C@@H]1Cc2cccc3c2N1C(=O)[C@@H](NC(=O)c1ccc2ccc(C(F)(F)P(=O)(O)O)cc2c1)CC3)C(=O)N[C@H](C(=O)NCCCCCCCC#Cc1cccc2c1CN(C1CCC(=O)NC1=O)C2=O)c1ccccc1. The number of hydrogen-bond donors (Lipinski definition) is 8. The summed E-state index contributed by atoms with van der Waals surface area (Å²) in [6, 6.07) is 20.4. The fourth-order valence-electron chi connectivity index (χ4n) is 11.0. The first-order valence-electron chi connectivity index (χ1n) is 27.4. The number of anilines is 1. The zero-order valence-corrected chi connectivity index (χ0v) is 45.9. The predicted molar refractivity (Wildman–Crippen MR) is 299 cm³/mol. The summed E-state index contributed by atoms with van der Waals surface area (Å²) in [5.41, 5.74) is 4.28. The molecule has 432 valence electrons. The van der Waals surface area contributed by atoms with E-state index in [1.54, 1.807) is 60.7 Å². The number of aryl methyl sites for hydroxylation is 1. The van der Waals surface area contributed by atoms with Crippen LogP contribution in [0.25, 0.3) is 10.8 Å². The van der Waals surface area contributed by atoms with Crippen molar-refractivity contribution in [3.05, 3.63) is 148 Å². The lowest BCUT2D eigenvalue weighted by molar-refractivity contribution is -0.137. The molecule has 5 aromatic carbocycles. The van der Waals surface area contributed by atoms with E-state index in [-0.39, 0.29) is 74.4 Å². The summed E-state index contributed by atoms with van der Waals surface area (Å²) in [4.78, 5) is 142. The van der Waals surface area contributed by atoms with Crippen molar-refractivity contribution in [2.45, 2.75) is 126 Å². The maximum absolute atomic E-state index is 14.6. The largest absolute Gasteiger partial charge is 0.399 e. The quantitative estimate of drug-likeness (QED) is 0.0210. The van der Waals surface area contributed by atoms with Crippen LogP contribution in [-0.2, 0) is 63.2 Å². The summed E-state index contributed by atoms with van der Waals surface area (Å²) in [6.07, 6.45) is 4.82. The minimum absolute atomic E-state index is 0.0246. The molecule has 1 saturated heterocycles. The number of primary amides is 1. The molecule has 5 aromatic rings. The third kappa shape index (κ3) is 13.2. The molecule has 23 heteroatoms. The molecule has 9 amide bonds. The first-order chi connectivity index (χ1) is 39.7. The minimum Gasteiger partial charge on any atom is -0.370 e. The molecule has 0 bridgehead atoms. The molecule has 4 aliphatic heterocycles. The first kappa shape index (κ1) is 59.0. The van der Waals surface area contributed by atoms with Crippen molar-refractivity contribution >= 4 is 77.2 Å². The van der Waals surface area contributed by atoms with Crippen LogP contribution in [0.4, 0.5) is 14.5 Å². The Kier molecular flexibility index (Phi) is 17.9. The van der Waals surface area contributed by atoms with Crippen molar-refractivity contribution in [3.8, 4) is 11.8 Å². The van der Waals surface area contributed by atoms with E-state index in [1.807, 2.05) is 6.07 Å².